The molecule has 98 valence electrons. The highest BCUT2D eigenvalue weighted by Gasteiger charge is 2.20. The number of aliphatic hydroxyl groups is 1. The first-order valence-electron chi connectivity index (χ1n) is 7.02. The second-order valence-electron chi connectivity index (χ2n) is 6.62. The fourth-order valence-corrected chi connectivity index (χ4v) is 1.85. The van der Waals surface area contributed by atoms with E-state index in [1.165, 1.54) is 38.5 Å². The zero-order valence-electron chi connectivity index (χ0n) is 12.1. The van der Waals surface area contributed by atoms with Gasteiger partial charge in [-0.15, -0.1) is 0 Å². The van der Waals surface area contributed by atoms with Crippen molar-refractivity contribution in [3.05, 3.63) is 0 Å². The molecule has 1 heteroatoms. The number of unbranched alkanes of at least 4 members (excludes halogenated alkanes) is 4. The second kappa shape index (κ2) is 8.11. The van der Waals surface area contributed by atoms with Crippen molar-refractivity contribution in [2.75, 3.05) is 0 Å². The van der Waals surface area contributed by atoms with Crippen molar-refractivity contribution in [3.8, 4) is 0 Å². The number of aliphatic hydroxyl groups excluding tert-OH is 1. The average Bonchev–Trinajstić information content (AvgIpc) is 2.14. The molecule has 1 nitrogen and oxygen atoms in total. The van der Waals surface area contributed by atoms with Crippen LogP contribution >= 0.6 is 0 Å². The van der Waals surface area contributed by atoms with Gasteiger partial charge in [-0.1, -0.05) is 73.1 Å². The lowest BCUT2D eigenvalue weighted by molar-refractivity contribution is 0.0533. The smallest absolute Gasteiger partial charge is 0.0588 e. The molecule has 0 aliphatic heterocycles. The van der Waals surface area contributed by atoms with Crippen molar-refractivity contribution in [3.63, 3.8) is 0 Å². The SMILES string of the molecule is CC(C)CCCCCCCC(O)C(C)(C)C. The summed E-state index contributed by atoms with van der Waals surface area (Å²) in [5.74, 6) is 0.850. The molecule has 0 aliphatic carbocycles. The summed E-state index contributed by atoms with van der Waals surface area (Å²) in [5, 5.41) is 9.86. The summed E-state index contributed by atoms with van der Waals surface area (Å²) in [6.45, 7) is 10.9. The lowest BCUT2D eigenvalue weighted by atomic mass is 9.86. The van der Waals surface area contributed by atoms with Gasteiger partial charge in [0.05, 0.1) is 6.10 Å². The van der Waals surface area contributed by atoms with E-state index < -0.39 is 0 Å². The molecule has 0 aromatic carbocycles. The van der Waals surface area contributed by atoms with Crippen LogP contribution in [0.25, 0.3) is 0 Å². The fraction of sp³-hybridized carbons (Fsp3) is 1.00. The third-order valence-corrected chi connectivity index (χ3v) is 3.26. The molecular formula is C15H32O. The van der Waals surface area contributed by atoms with E-state index in [9.17, 15) is 5.11 Å². The predicted octanol–water partition coefficient (Wildman–Crippen LogP) is 4.78. The van der Waals surface area contributed by atoms with Gasteiger partial charge in [-0.3, -0.25) is 0 Å². The summed E-state index contributed by atoms with van der Waals surface area (Å²) in [6.07, 6.45) is 8.74. The lowest BCUT2D eigenvalue weighted by Gasteiger charge is -2.25. The van der Waals surface area contributed by atoms with Gasteiger partial charge in [-0.2, -0.15) is 0 Å². The molecule has 0 bridgehead atoms. The molecule has 0 saturated carbocycles. The molecule has 0 aromatic heterocycles. The normalized spacial score (nSPS) is 14.4. The van der Waals surface area contributed by atoms with Gasteiger partial charge in [0.25, 0.3) is 0 Å². The van der Waals surface area contributed by atoms with Gasteiger partial charge < -0.3 is 5.11 Å². The molecule has 16 heavy (non-hydrogen) atoms. The van der Waals surface area contributed by atoms with Crippen LogP contribution in [-0.4, -0.2) is 11.2 Å². The molecule has 0 fully saturated rings. The first-order valence-corrected chi connectivity index (χ1v) is 7.02. The van der Waals surface area contributed by atoms with Gasteiger partial charge in [0.15, 0.2) is 0 Å². The van der Waals surface area contributed by atoms with Crippen LogP contribution in [0.4, 0.5) is 0 Å². The van der Waals surface area contributed by atoms with Gasteiger partial charge in [0, 0.05) is 0 Å². The maximum Gasteiger partial charge on any atom is 0.0588 e. The Balaban J connectivity index is 3.28. The van der Waals surface area contributed by atoms with Crippen molar-refractivity contribution >= 4 is 0 Å². The molecule has 0 heterocycles. The van der Waals surface area contributed by atoms with Crippen LogP contribution in [0.15, 0.2) is 0 Å². The maximum absolute atomic E-state index is 9.86. The zero-order valence-corrected chi connectivity index (χ0v) is 12.1. The van der Waals surface area contributed by atoms with Crippen LogP contribution in [0.5, 0.6) is 0 Å². The monoisotopic (exact) mass is 228 g/mol. The molecule has 0 saturated heterocycles. The largest absolute Gasteiger partial charge is 0.393 e. The van der Waals surface area contributed by atoms with Gasteiger partial charge in [-0.05, 0) is 17.8 Å². The van der Waals surface area contributed by atoms with Gasteiger partial charge in [-0.25, -0.2) is 0 Å². The minimum Gasteiger partial charge on any atom is -0.393 e. The summed E-state index contributed by atoms with van der Waals surface area (Å²) in [7, 11) is 0. The van der Waals surface area contributed by atoms with Crippen LogP contribution in [0, 0.1) is 11.3 Å². The minimum absolute atomic E-state index is 0.0532. The van der Waals surface area contributed by atoms with E-state index >= 15 is 0 Å². The van der Waals surface area contributed by atoms with Crippen LogP contribution in [-0.2, 0) is 0 Å². The Morgan fingerprint density at radius 2 is 1.25 bits per heavy atom. The Labute approximate surface area is 103 Å². The Bertz CT molecular complexity index is 155. The van der Waals surface area contributed by atoms with E-state index in [4.69, 9.17) is 0 Å². The maximum atomic E-state index is 9.86. The molecule has 1 unspecified atom stereocenters. The summed E-state index contributed by atoms with van der Waals surface area (Å²) in [5.41, 5.74) is 0.0532. The Morgan fingerprint density at radius 1 is 0.812 bits per heavy atom. The van der Waals surface area contributed by atoms with Crippen molar-refractivity contribution in [1.29, 1.82) is 0 Å². The van der Waals surface area contributed by atoms with E-state index in [2.05, 4.69) is 34.6 Å². The van der Waals surface area contributed by atoms with Crippen LogP contribution in [0.2, 0.25) is 0 Å². The van der Waals surface area contributed by atoms with Crippen LogP contribution in [0.1, 0.15) is 79.6 Å². The Morgan fingerprint density at radius 3 is 1.69 bits per heavy atom. The summed E-state index contributed by atoms with van der Waals surface area (Å²) in [6, 6.07) is 0. The van der Waals surface area contributed by atoms with Gasteiger partial charge in [0.1, 0.15) is 0 Å². The topological polar surface area (TPSA) is 20.2 Å². The first kappa shape index (κ1) is 16.0. The summed E-state index contributed by atoms with van der Waals surface area (Å²) >= 11 is 0. The van der Waals surface area contributed by atoms with E-state index in [0.29, 0.717) is 0 Å². The second-order valence-corrected chi connectivity index (χ2v) is 6.62. The lowest BCUT2D eigenvalue weighted by Crippen LogP contribution is -2.25. The van der Waals surface area contributed by atoms with E-state index in [1.54, 1.807) is 0 Å². The number of rotatable bonds is 8. The molecule has 0 rings (SSSR count). The van der Waals surface area contributed by atoms with Crippen LogP contribution in [0.3, 0.4) is 0 Å². The van der Waals surface area contributed by atoms with Gasteiger partial charge in [0.2, 0.25) is 0 Å². The molecule has 0 aromatic rings. The van der Waals surface area contributed by atoms with Crippen molar-refractivity contribution in [1.82, 2.24) is 0 Å². The quantitative estimate of drug-likeness (QED) is 0.593. The Kier molecular flexibility index (Phi) is 8.09. The average molecular weight is 228 g/mol. The van der Waals surface area contributed by atoms with Gasteiger partial charge >= 0.3 is 0 Å². The van der Waals surface area contributed by atoms with E-state index in [1.807, 2.05) is 0 Å². The standard InChI is InChI=1S/C15H32O/c1-13(2)11-9-7-6-8-10-12-14(16)15(3,4)5/h13-14,16H,6-12H2,1-5H3. The first-order chi connectivity index (χ1) is 7.34. The third-order valence-electron chi connectivity index (χ3n) is 3.26. The Hall–Kier alpha value is -0.0400. The highest BCUT2D eigenvalue weighted by atomic mass is 16.3. The number of hydrogen-bond acceptors (Lipinski definition) is 1. The molecule has 1 N–H and O–H groups in total. The van der Waals surface area contributed by atoms with Crippen molar-refractivity contribution in [2.45, 2.75) is 85.7 Å². The molecule has 0 spiro atoms. The molecule has 0 amide bonds. The molecule has 1 atom stereocenters. The van der Waals surface area contributed by atoms with E-state index in [0.717, 1.165) is 12.3 Å². The molecular weight excluding hydrogens is 196 g/mol. The summed E-state index contributed by atoms with van der Waals surface area (Å²) < 4.78 is 0. The third kappa shape index (κ3) is 9.21. The molecule has 0 radical (unpaired) electrons. The van der Waals surface area contributed by atoms with Crippen LogP contribution < -0.4 is 0 Å². The van der Waals surface area contributed by atoms with Crippen molar-refractivity contribution < 1.29 is 5.11 Å². The van der Waals surface area contributed by atoms with Crippen molar-refractivity contribution in [2.24, 2.45) is 11.3 Å². The summed E-state index contributed by atoms with van der Waals surface area (Å²) in [4.78, 5) is 0. The number of hydrogen-bond donors (Lipinski definition) is 1. The highest BCUT2D eigenvalue weighted by molar-refractivity contribution is 4.72. The zero-order chi connectivity index (χ0) is 12.6. The fourth-order valence-electron chi connectivity index (χ4n) is 1.85. The minimum atomic E-state index is -0.136. The highest BCUT2D eigenvalue weighted by Crippen LogP contribution is 2.23. The molecule has 0 aliphatic rings. The van der Waals surface area contributed by atoms with E-state index in [-0.39, 0.29) is 11.5 Å². The predicted molar refractivity (Wildman–Crippen MR) is 72.6 cm³/mol.